The molecule has 6 heteroatoms. The van der Waals surface area contributed by atoms with Gasteiger partial charge in [-0.2, -0.15) is 13.2 Å². The Bertz CT molecular complexity index is 640. The molecule has 0 aliphatic carbocycles. The van der Waals surface area contributed by atoms with E-state index < -0.39 is 17.6 Å². The quantitative estimate of drug-likeness (QED) is 0.514. The lowest BCUT2D eigenvalue weighted by Gasteiger charge is -2.24. The van der Waals surface area contributed by atoms with E-state index >= 15 is 0 Å². The minimum atomic E-state index is -4.48. The highest BCUT2D eigenvalue weighted by Gasteiger charge is 2.34. The van der Waals surface area contributed by atoms with E-state index in [-0.39, 0.29) is 5.69 Å². The maximum atomic E-state index is 13.2. The van der Waals surface area contributed by atoms with E-state index in [4.69, 9.17) is 0 Å². The zero-order valence-electron chi connectivity index (χ0n) is 11.1. The average Bonchev–Trinajstić information content (AvgIpc) is 2.45. The Morgan fingerprint density at radius 1 is 1.10 bits per heavy atom. The minimum absolute atomic E-state index is 0.0159. The summed E-state index contributed by atoms with van der Waals surface area (Å²) in [5.74, 6) is -0.495. The van der Waals surface area contributed by atoms with E-state index in [1.54, 1.807) is 12.1 Å². The predicted octanol–water partition coefficient (Wildman–Crippen LogP) is 5.51. The molecular weight excluding hydrogens is 350 g/mol. The molecule has 0 bridgehead atoms. The number of halogens is 5. The van der Waals surface area contributed by atoms with Crippen LogP contribution in [-0.2, 0) is 11.5 Å². The molecule has 0 heterocycles. The Balaban J connectivity index is 2.52. The fourth-order valence-corrected chi connectivity index (χ4v) is 2.36. The normalized spacial score (nSPS) is 11.5. The van der Waals surface area contributed by atoms with Gasteiger partial charge < -0.3 is 4.90 Å². The van der Waals surface area contributed by atoms with Crippen LogP contribution in [0.25, 0.3) is 0 Å². The average molecular weight is 362 g/mol. The minimum Gasteiger partial charge on any atom is -0.344 e. The molecule has 0 saturated carbocycles. The van der Waals surface area contributed by atoms with Gasteiger partial charge in [-0.1, -0.05) is 28.1 Å². The van der Waals surface area contributed by atoms with Crippen molar-refractivity contribution in [2.75, 3.05) is 11.9 Å². The molecule has 0 radical (unpaired) electrons. The van der Waals surface area contributed by atoms with Crippen LogP contribution in [0.3, 0.4) is 0 Å². The highest BCUT2D eigenvalue weighted by molar-refractivity contribution is 9.08. The third-order valence-corrected chi connectivity index (χ3v) is 3.73. The number of benzene rings is 2. The summed E-state index contributed by atoms with van der Waals surface area (Å²) in [7, 11) is 1.48. The Hall–Kier alpha value is -1.56. The van der Waals surface area contributed by atoms with Crippen LogP contribution >= 0.6 is 15.9 Å². The van der Waals surface area contributed by atoms with Crippen LogP contribution in [0, 0.1) is 5.82 Å². The highest BCUT2D eigenvalue weighted by atomic mass is 79.9. The second kappa shape index (κ2) is 6.05. The van der Waals surface area contributed by atoms with Gasteiger partial charge in [-0.3, -0.25) is 0 Å². The van der Waals surface area contributed by atoms with Crippen LogP contribution in [0.4, 0.5) is 28.9 Å². The maximum Gasteiger partial charge on any atom is 0.418 e. The van der Waals surface area contributed by atoms with Crippen LogP contribution in [0.15, 0.2) is 42.5 Å². The molecule has 0 saturated heterocycles. The largest absolute Gasteiger partial charge is 0.418 e. The molecular formula is C15H12BrF4N. The molecule has 0 unspecified atom stereocenters. The number of nitrogens with zero attached hydrogens (tertiary/aromatic N) is 1. The molecule has 2 aromatic carbocycles. The molecule has 2 aromatic rings. The van der Waals surface area contributed by atoms with Crippen molar-refractivity contribution in [2.24, 2.45) is 0 Å². The third-order valence-electron chi connectivity index (χ3n) is 3.08. The summed E-state index contributed by atoms with van der Waals surface area (Å²) in [6, 6.07) is 9.55. The molecule has 0 aromatic heterocycles. The van der Waals surface area contributed by atoms with Gasteiger partial charge in [0.25, 0.3) is 0 Å². The first-order valence-corrected chi connectivity index (χ1v) is 7.20. The Morgan fingerprint density at radius 2 is 1.81 bits per heavy atom. The zero-order chi connectivity index (χ0) is 15.6. The SMILES string of the molecule is CN(c1cccc(F)c1)c1ccc(CBr)cc1C(F)(F)F. The topological polar surface area (TPSA) is 3.24 Å². The van der Waals surface area contributed by atoms with Crippen molar-refractivity contribution in [3.05, 3.63) is 59.4 Å². The van der Waals surface area contributed by atoms with Crippen LogP contribution in [-0.4, -0.2) is 7.05 Å². The van der Waals surface area contributed by atoms with E-state index in [2.05, 4.69) is 15.9 Å². The number of hydrogen-bond donors (Lipinski definition) is 0. The van der Waals surface area contributed by atoms with Crippen molar-refractivity contribution in [1.82, 2.24) is 0 Å². The Labute approximate surface area is 128 Å². The van der Waals surface area contributed by atoms with Gasteiger partial charge in [-0.25, -0.2) is 4.39 Å². The molecule has 0 spiro atoms. The molecule has 0 amide bonds. The number of rotatable bonds is 3. The van der Waals surface area contributed by atoms with Crippen molar-refractivity contribution in [2.45, 2.75) is 11.5 Å². The molecule has 0 aliphatic rings. The predicted molar refractivity (Wildman–Crippen MR) is 78.5 cm³/mol. The summed E-state index contributed by atoms with van der Waals surface area (Å²) in [6.07, 6.45) is -4.48. The van der Waals surface area contributed by atoms with E-state index in [0.29, 0.717) is 16.6 Å². The first-order valence-electron chi connectivity index (χ1n) is 6.08. The lowest BCUT2D eigenvalue weighted by atomic mass is 10.1. The number of hydrogen-bond acceptors (Lipinski definition) is 1. The van der Waals surface area contributed by atoms with Crippen LogP contribution in [0.5, 0.6) is 0 Å². The van der Waals surface area contributed by atoms with E-state index in [9.17, 15) is 17.6 Å². The number of anilines is 2. The lowest BCUT2D eigenvalue weighted by molar-refractivity contribution is -0.137. The first kappa shape index (κ1) is 15.8. The molecule has 21 heavy (non-hydrogen) atoms. The smallest absolute Gasteiger partial charge is 0.344 e. The van der Waals surface area contributed by atoms with E-state index in [1.807, 2.05) is 0 Å². The number of alkyl halides is 4. The summed E-state index contributed by atoms with van der Waals surface area (Å²) in [5.41, 5.74) is 0.120. The standard InChI is InChI=1S/C15H12BrF4N/c1-21(12-4-2-3-11(17)8-12)14-6-5-10(9-16)7-13(14)15(18,19)20/h2-8H,9H2,1H3. The summed E-state index contributed by atoms with van der Waals surface area (Å²) < 4.78 is 52.9. The fraction of sp³-hybridized carbons (Fsp3) is 0.200. The summed E-state index contributed by atoms with van der Waals surface area (Å²) in [4.78, 5) is 1.32. The van der Waals surface area contributed by atoms with Gasteiger partial charge >= 0.3 is 6.18 Å². The first-order chi connectivity index (χ1) is 9.82. The van der Waals surface area contributed by atoms with Crippen LogP contribution in [0.2, 0.25) is 0 Å². The van der Waals surface area contributed by atoms with Crippen molar-refractivity contribution in [1.29, 1.82) is 0 Å². The van der Waals surface area contributed by atoms with Crippen LogP contribution < -0.4 is 4.90 Å². The second-order valence-corrected chi connectivity index (χ2v) is 5.08. The molecule has 112 valence electrons. The van der Waals surface area contributed by atoms with Gasteiger partial charge in [0.15, 0.2) is 0 Å². The Kier molecular flexibility index (Phi) is 4.56. The molecule has 1 nitrogen and oxygen atoms in total. The van der Waals surface area contributed by atoms with Gasteiger partial charge in [0, 0.05) is 18.1 Å². The highest BCUT2D eigenvalue weighted by Crippen LogP contribution is 2.39. The van der Waals surface area contributed by atoms with E-state index in [1.165, 1.54) is 36.2 Å². The van der Waals surface area contributed by atoms with Crippen molar-refractivity contribution >= 4 is 27.3 Å². The molecule has 0 aliphatic heterocycles. The van der Waals surface area contributed by atoms with Crippen molar-refractivity contribution in [3.63, 3.8) is 0 Å². The zero-order valence-corrected chi connectivity index (χ0v) is 12.7. The molecule has 0 fully saturated rings. The Morgan fingerprint density at radius 3 is 2.38 bits per heavy atom. The molecule has 0 N–H and O–H groups in total. The van der Waals surface area contributed by atoms with Gasteiger partial charge in [0.05, 0.1) is 11.3 Å². The molecule has 0 atom stereocenters. The maximum absolute atomic E-state index is 13.2. The van der Waals surface area contributed by atoms with Crippen molar-refractivity contribution in [3.8, 4) is 0 Å². The van der Waals surface area contributed by atoms with Crippen LogP contribution in [0.1, 0.15) is 11.1 Å². The van der Waals surface area contributed by atoms with Gasteiger partial charge in [0.2, 0.25) is 0 Å². The summed E-state index contributed by atoms with van der Waals surface area (Å²) >= 11 is 3.14. The van der Waals surface area contributed by atoms with Gasteiger partial charge in [-0.05, 0) is 35.9 Å². The fourth-order valence-electron chi connectivity index (χ4n) is 2.01. The lowest BCUT2D eigenvalue weighted by Crippen LogP contribution is -2.17. The summed E-state index contributed by atoms with van der Waals surface area (Å²) in [6.45, 7) is 0. The monoisotopic (exact) mass is 361 g/mol. The second-order valence-electron chi connectivity index (χ2n) is 4.52. The van der Waals surface area contributed by atoms with Gasteiger partial charge in [0.1, 0.15) is 5.82 Å². The summed E-state index contributed by atoms with van der Waals surface area (Å²) in [5, 5.41) is 0.333. The van der Waals surface area contributed by atoms with Crippen molar-refractivity contribution < 1.29 is 17.6 Å². The molecule has 2 rings (SSSR count). The van der Waals surface area contributed by atoms with E-state index in [0.717, 1.165) is 6.07 Å². The third kappa shape index (κ3) is 3.56. The van der Waals surface area contributed by atoms with Gasteiger partial charge in [-0.15, -0.1) is 0 Å².